The van der Waals surface area contributed by atoms with E-state index in [9.17, 15) is 5.11 Å². The van der Waals surface area contributed by atoms with E-state index in [1.54, 1.807) is 24.7 Å². The Balaban J connectivity index is 2.03. The highest BCUT2D eigenvalue weighted by Crippen LogP contribution is 2.28. The minimum Gasteiger partial charge on any atom is -0.506 e. The predicted octanol–water partition coefficient (Wildman–Crippen LogP) is 3.08. The van der Waals surface area contributed by atoms with Gasteiger partial charge >= 0.3 is 0 Å². The van der Waals surface area contributed by atoms with Gasteiger partial charge in [-0.05, 0) is 24.3 Å². The SMILES string of the molecule is Oc1cc(Nc2cccnc2)cc2cccnc12. The highest BCUT2D eigenvalue weighted by atomic mass is 16.3. The molecule has 3 rings (SSSR count). The molecule has 0 spiro atoms. The highest BCUT2D eigenvalue weighted by Gasteiger charge is 2.03. The predicted molar refractivity (Wildman–Crippen MR) is 70.9 cm³/mol. The summed E-state index contributed by atoms with van der Waals surface area (Å²) in [7, 11) is 0. The number of nitrogens with one attached hydrogen (secondary N) is 1. The minimum absolute atomic E-state index is 0.166. The summed E-state index contributed by atoms with van der Waals surface area (Å²) in [4.78, 5) is 8.17. The van der Waals surface area contributed by atoms with Crippen molar-refractivity contribution in [3.63, 3.8) is 0 Å². The summed E-state index contributed by atoms with van der Waals surface area (Å²) in [5.41, 5.74) is 2.29. The second-order valence-electron chi connectivity index (χ2n) is 3.94. The lowest BCUT2D eigenvalue weighted by atomic mass is 10.2. The molecule has 0 radical (unpaired) electrons. The fourth-order valence-corrected chi connectivity index (χ4v) is 1.85. The van der Waals surface area contributed by atoms with Crippen molar-refractivity contribution in [1.82, 2.24) is 9.97 Å². The largest absolute Gasteiger partial charge is 0.506 e. The van der Waals surface area contributed by atoms with Crippen LogP contribution in [0.4, 0.5) is 11.4 Å². The lowest BCUT2D eigenvalue weighted by molar-refractivity contribution is 0.480. The molecule has 2 heterocycles. The number of phenols is 1. The lowest BCUT2D eigenvalue weighted by Gasteiger charge is -2.08. The molecule has 4 heteroatoms. The number of rotatable bonds is 2. The van der Waals surface area contributed by atoms with Gasteiger partial charge in [-0.3, -0.25) is 9.97 Å². The first kappa shape index (κ1) is 10.5. The van der Waals surface area contributed by atoms with Gasteiger partial charge < -0.3 is 10.4 Å². The second kappa shape index (κ2) is 4.33. The van der Waals surface area contributed by atoms with Crippen LogP contribution in [0.2, 0.25) is 0 Å². The Bertz CT molecular complexity index is 683. The van der Waals surface area contributed by atoms with Crippen LogP contribution in [0.1, 0.15) is 0 Å². The standard InChI is InChI=1S/C14H11N3O/c18-13-8-12(17-11-4-2-5-15-9-11)7-10-3-1-6-16-14(10)13/h1-9,17-18H. The van der Waals surface area contributed by atoms with Crippen molar-refractivity contribution in [3.8, 4) is 5.75 Å². The maximum absolute atomic E-state index is 9.91. The molecule has 0 saturated heterocycles. The Hall–Kier alpha value is -2.62. The summed E-state index contributed by atoms with van der Waals surface area (Å²) >= 11 is 0. The fraction of sp³-hybridized carbons (Fsp3) is 0. The van der Waals surface area contributed by atoms with E-state index in [1.165, 1.54) is 0 Å². The molecule has 0 fully saturated rings. The molecule has 2 aromatic heterocycles. The number of aromatic hydroxyl groups is 1. The summed E-state index contributed by atoms with van der Waals surface area (Å²) in [6.45, 7) is 0. The minimum atomic E-state index is 0.166. The Labute approximate surface area is 104 Å². The highest BCUT2D eigenvalue weighted by molar-refractivity contribution is 5.88. The van der Waals surface area contributed by atoms with Crippen molar-refractivity contribution < 1.29 is 5.11 Å². The third-order valence-corrected chi connectivity index (χ3v) is 2.63. The number of hydrogen-bond acceptors (Lipinski definition) is 4. The van der Waals surface area contributed by atoms with Crippen molar-refractivity contribution in [1.29, 1.82) is 0 Å². The number of phenolic OH excluding ortho intramolecular Hbond substituents is 1. The van der Waals surface area contributed by atoms with Gasteiger partial charge in [0.15, 0.2) is 0 Å². The quantitative estimate of drug-likeness (QED) is 0.719. The summed E-state index contributed by atoms with van der Waals surface area (Å²) in [5.74, 6) is 0.166. The van der Waals surface area contributed by atoms with Crippen LogP contribution < -0.4 is 5.32 Å². The topological polar surface area (TPSA) is 58.0 Å². The van der Waals surface area contributed by atoms with E-state index >= 15 is 0 Å². The van der Waals surface area contributed by atoms with Gasteiger partial charge in [0.1, 0.15) is 11.3 Å². The lowest BCUT2D eigenvalue weighted by Crippen LogP contribution is -1.91. The Morgan fingerprint density at radius 2 is 1.89 bits per heavy atom. The zero-order valence-electron chi connectivity index (χ0n) is 9.54. The normalized spacial score (nSPS) is 10.4. The summed E-state index contributed by atoms with van der Waals surface area (Å²) in [6.07, 6.45) is 5.10. The van der Waals surface area contributed by atoms with E-state index in [1.807, 2.05) is 30.3 Å². The Kier molecular flexibility index (Phi) is 2.53. The van der Waals surface area contributed by atoms with Crippen molar-refractivity contribution >= 4 is 22.3 Å². The third-order valence-electron chi connectivity index (χ3n) is 2.63. The van der Waals surface area contributed by atoms with Gasteiger partial charge in [-0.15, -0.1) is 0 Å². The molecular formula is C14H11N3O. The molecule has 0 bridgehead atoms. The molecule has 0 unspecified atom stereocenters. The molecule has 0 atom stereocenters. The first-order chi connectivity index (χ1) is 8.83. The van der Waals surface area contributed by atoms with Crippen LogP contribution in [0.15, 0.2) is 55.0 Å². The van der Waals surface area contributed by atoms with Gasteiger partial charge in [-0.1, -0.05) is 6.07 Å². The van der Waals surface area contributed by atoms with Crippen LogP contribution in [-0.2, 0) is 0 Å². The van der Waals surface area contributed by atoms with Crippen LogP contribution in [0, 0.1) is 0 Å². The van der Waals surface area contributed by atoms with Crippen molar-refractivity contribution in [3.05, 3.63) is 55.0 Å². The smallest absolute Gasteiger partial charge is 0.143 e. The molecule has 4 nitrogen and oxygen atoms in total. The van der Waals surface area contributed by atoms with Gasteiger partial charge in [0.05, 0.1) is 11.9 Å². The van der Waals surface area contributed by atoms with Crippen molar-refractivity contribution in [2.75, 3.05) is 5.32 Å². The fourth-order valence-electron chi connectivity index (χ4n) is 1.85. The second-order valence-corrected chi connectivity index (χ2v) is 3.94. The summed E-state index contributed by atoms with van der Waals surface area (Å²) < 4.78 is 0. The Morgan fingerprint density at radius 3 is 2.72 bits per heavy atom. The first-order valence-corrected chi connectivity index (χ1v) is 5.58. The number of anilines is 2. The van der Waals surface area contributed by atoms with E-state index in [4.69, 9.17) is 0 Å². The van der Waals surface area contributed by atoms with Crippen LogP contribution in [0.5, 0.6) is 5.75 Å². The molecule has 1 aromatic carbocycles. The molecule has 2 N–H and O–H groups in total. The number of pyridine rings is 2. The number of benzene rings is 1. The molecule has 0 amide bonds. The zero-order valence-corrected chi connectivity index (χ0v) is 9.54. The van der Waals surface area contributed by atoms with E-state index in [0.29, 0.717) is 5.52 Å². The van der Waals surface area contributed by atoms with Crippen LogP contribution in [0.25, 0.3) is 10.9 Å². The molecular weight excluding hydrogens is 226 g/mol. The Morgan fingerprint density at radius 1 is 1.00 bits per heavy atom. The maximum atomic E-state index is 9.91. The van der Waals surface area contributed by atoms with E-state index < -0.39 is 0 Å². The van der Waals surface area contributed by atoms with Gasteiger partial charge in [0, 0.05) is 29.5 Å². The number of hydrogen-bond donors (Lipinski definition) is 2. The third kappa shape index (κ3) is 1.96. The van der Waals surface area contributed by atoms with Gasteiger partial charge in [-0.25, -0.2) is 0 Å². The molecule has 0 aliphatic heterocycles. The van der Waals surface area contributed by atoms with Gasteiger partial charge in [-0.2, -0.15) is 0 Å². The van der Waals surface area contributed by atoms with E-state index in [2.05, 4.69) is 15.3 Å². The van der Waals surface area contributed by atoms with Crippen LogP contribution in [-0.4, -0.2) is 15.1 Å². The zero-order chi connectivity index (χ0) is 12.4. The average molecular weight is 237 g/mol. The van der Waals surface area contributed by atoms with Crippen LogP contribution >= 0.6 is 0 Å². The van der Waals surface area contributed by atoms with Crippen LogP contribution in [0.3, 0.4) is 0 Å². The summed E-state index contributed by atoms with van der Waals surface area (Å²) in [5, 5.41) is 14.0. The number of aromatic nitrogens is 2. The summed E-state index contributed by atoms with van der Waals surface area (Å²) in [6, 6.07) is 11.1. The van der Waals surface area contributed by atoms with E-state index in [0.717, 1.165) is 16.8 Å². The number of fused-ring (bicyclic) bond motifs is 1. The molecule has 88 valence electrons. The number of nitrogens with zero attached hydrogens (tertiary/aromatic N) is 2. The van der Waals surface area contributed by atoms with Crippen molar-refractivity contribution in [2.24, 2.45) is 0 Å². The molecule has 0 aliphatic rings. The van der Waals surface area contributed by atoms with Crippen molar-refractivity contribution in [2.45, 2.75) is 0 Å². The molecule has 18 heavy (non-hydrogen) atoms. The average Bonchev–Trinajstić information content (AvgIpc) is 2.40. The monoisotopic (exact) mass is 237 g/mol. The maximum Gasteiger partial charge on any atom is 0.143 e. The van der Waals surface area contributed by atoms with Gasteiger partial charge in [0.2, 0.25) is 0 Å². The first-order valence-electron chi connectivity index (χ1n) is 5.58. The molecule has 0 saturated carbocycles. The molecule has 3 aromatic rings. The van der Waals surface area contributed by atoms with E-state index in [-0.39, 0.29) is 5.75 Å². The van der Waals surface area contributed by atoms with Gasteiger partial charge in [0.25, 0.3) is 0 Å². The molecule has 0 aliphatic carbocycles.